The van der Waals surface area contributed by atoms with Crippen LogP contribution in [0.2, 0.25) is 0 Å². The molecule has 21 heavy (non-hydrogen) atoms. The van der Waals surface area contributed by atoms with E-state index >= 15 is 0 Å². The number of thiophene rings is 1. The molecule has 2 fully saturated rings. The Kier molecular flexibility index (Phi) is 4.14. The second-order valence-corrected chi connectivity index (χ2v) is 6.68. The van der Waals surface area contributed by atoms with Crippen molar-refractivity contribution in [2.75, 3.05) is 0 Å². The molecule has 0 spiro atoms. The van der Waals surface area contributed by atoms with Crippen molar-refractivity contribution in [3.63, 3.8) is 0 Å². The van der Waals surface area contributed by atoms with Gasteiger partial charge >= 0.3 is 12.0 Å². The molecule has 2 heterocycles. The molecule has 5 nitrogen and oxygen atoms in total. The summed E-state index contributed by atoms with van der Waals surface area (Å²) in [5.74, 6) is -0.526. The molecule has 2 N–H and O–H groups in total. The van der Waals surface area contributed by atoms with Gasteiger partial charge in [0.1, 0.15) is 6.04 Å². The van der Waals surface area contributed by atoms with Crippen molar-refractivity contribution in [2.24, 2.45) is 5.92 Å². The molecule has 0 radical (unpaired) electrons. The molecule has 1 saturated heterocycles. The lowest BCUT2D eigenvalue weighted by atomic mass is 9.85. The predicted octanol–water partition coefficient (Wildman–Crippen LogP) is 2.68. The van der Waals surface area contributed by atoms with Crippen LogP contribution in [0.5, 0.6) is 0 Å². The second kappa shape index (κ2) is 6.05. The number of nitrogens with zero attached hydrogens (tertiary/aromatic N) is 1. The predicted molar refractivity (Wildman–Crippen MR) is 80.2 cm³/mol. The van der Waals surface area contributed by atoms with E-state index in [1.165, 1.54) is 0 Å². The first-order valence-corrected chi connectivity index (χ1v) is 8.41. The third-order valence-electron chi connectivity index (χ3n) is 4.63. The molecule has 114 valence electrons. The largest absolute Gasteiger partial charge is 0.480 e. The number of carbonyl (C=O) groups is 2. The van der Waals surface area contributed by atoms with Crippen LogP contribution >= 0.6 is 11.3 Å². The molecule has 2 aliphatic rings. The standard InChI is InChI=1S/C15H20N2O3S/c18-14(19)13-7-11-3-1-2-4-12(11)17(13)15(20)16-8-10-5-6-21-9-10/h5-6,9,11-13H,1-4,7-8H2,(H,16,20)(H,18,19). The minimum atomic E-state index is -0.880. The number of carbonyl (C=O) groups excluding carboxylic acids is 1. The maximum absolute atomic E-state index is 12.5. The number of urea groups is 1. The monoisotopic (exact) mass is 308 g/mol. The quantitative estimate of drug-likeness (QED) is 0.902. The number of carboxylic acid groups (broad SMARTS) is 1. The van der Waals surface area contributed by atoms with Crippen molar-refractivity contribution < 1.29 is 14.7 Å². The van der Waals surface area contributed by atoms with Crippen LogP contribution in [0.3, 0.4) is 0 Å². The number of rotatable bonds is 3. The lowest BCUT2D eigenvalue weighted by Crippen LogP contribution is -2.50. The molecule has 2 amide bonds. The molecule has 1 aliphatic heterocycles. The highest BCUT2D eigenvalue weighted by molar-refractivity contribution is 7.07. The van der Waals surface area contributed by atoms with Crippen LogP contribution < -0.4 is 5.32 Å². The number of hydrogen-bond donors (Lipinski definition) is 2. The highest BCUT2D eigenvalue weighted by Crippen LogP contribution is 2.39. The van der Waals surface area contributed by atoms with Gasteiger partial charge in [-0.25, -0.2) is 9.59 Å². The van der Waals surface area contributed by atoms with Crippen LogP contribution in [-0.4, -0.2) is 34.1 Å². The fourth-order valence-electron chi connectivity index (χ4n) is 3.63. The van der Waals surface area contributed by atoms with Gasteiger partial charge in [0.15, 0.2) is 0 Å². The zero-order valence-electron chi connectivity index (χ0n) is 11.8. The topological polar surface area (TPSA) is 69.6 Å². The molecular formula is C15H20N2O3S. The molecule has 6 heteroatoms. The van der Waals surface area contributed by atoms with E-state index in [0.717, 1.165) is 31.2 Å². The number of carboxylic acids is 1. The van der Waals surface area contributed by atoms with Crippen LogP contribution in [0.25, 0.3) is 0 Å². The molecule has 1 aromatic rings. The smallest absolute Gasteiger partial charge is 0.326 e. The number of likely N-dealkylation sites (tertiary alicyclic amines) is 1. The van der Waals surface area contributed by atoms with Gasteiger partial charge in [-0.05, 0) is 47.6 Å². The number of aliphatic carboxylic acids is 1. The highest BCUT2D eigenvalue weighted by Gasteiger charge is 2.47. The van der Waals surface area contributed by atoms with Gasteiger partial charge in [0, 0.05) is 12.6 Å². The fraction of sp³-hybridized carbons (Fsp3) is 0.600. The van der Waals surface area contributed by atoms with Crippen molar-refractivity contribution >= 4 is 23.3 Å². The maximum Gasteiger partial charge on any atom is 0.326 e. The minimum absolute atomic E-state index is 0.0994. The summed E-state index contributed by atoms with van der Waals surface area (Å²) in [6.07, 6.45) is 4.81. The van der Waals surface area contributed by atoms with Crippen LogP contribution in [-0.2, 0) is 11.3 Å². The summed E-state index contributed by atoms with van der Waals surface area (Å²) >= 11 is 1.59. The van der Waals surface area contributed by atoms with Gasteiger partial charge in [-0.2, -0.15) is 11.3 Å². The summed E-state index contributed by atoms with van der Waals surface area (Å²) in [5, 5.41) is 16.2. The zero-order chi connectivity index (χ0) is 14.8. The molecule has 1 aliphatic carbocycles. The zero-order valence-corrected chi connectivity index (χ0v) is 12.6. The van der Waals surface area contributed by atoms with Crippen LogP contribution in [0.4, 0.5) is 4.79 Å². The summed E-state index contributed by atoms with van der Waals surface area (Å²) in [4.78, 5) is 25.5. The lowest BCUT2D eigenvalue weighted by Gasteiger charge is -2.32. The van der Waals surface area contributed by atoms with Gasteiger partial charge < -0.3 is 15.3 Å². The van der Waals surface area contributed by atoms with Crippen molar-refractivity contribution in [2.45, 2.75) is 50.7 Å². The molecule has 3 atom stereocenters. The SMILES string of the molecule is O=C(O)C1CC2CCCCC2N1C(=O)NCc1ccsc1. The Bertz CT molecular complexity index is 517. The summed E-state index contributed by atoms with van der Waals surface area (Å²) in [5.41, 5.74) is 1.06. The average molecular weight is 308 g/mol. The molecule has 1 saturated carbocycles. The Morgan fingerprint density at radius 2 is 2.19 bits per heavy atom. The van der Waals surface area contributed by atoms with E-state index in [1.807, 2.05) is 16.8 Å². The molecule has 1 aromatic heterocycles. The molecule has 0 bridgehead atoms. The number of hydrogen-bond acceptors (Lipinski definition) is 3. The van der Waals surface area contributed by atoms with Crippen molar-refractivity contribution in [3.05, 3.63) is 22.4 Å². The Balaban J connectivity index is 1.70. The maximum atomic E-state index is 12.5. The van der Waals surface area contributed by atoms with Gasteiger partial charge in [-0.3, -0.25) is 0 Å². The average Bonchev–Trinajstić information content (AvgIpc) is 3.11. The summed E-state index contributed by atoms with van der Waals surface area (Å²) in [6, 6.07) is 1.17. The van der Waals surface area contributed by atoms with Gasteiger partial charge in [0.2, 0.25) is 0 Å². The third-order valence-corrected chi connectivity index (χ3v) is 5.36. The molecule has 3 unspecified atom stereocenters. The summed E-state index contributed by atoms with van der Waals surface area (Å²) in [6.45, 7) is 0.461. The Hall–Kier alpha value is -1.56. The minimum Gasteiger partial charge on any atom is -0.480 e. The lowest BCUT2D eigenvalue weighted by molar-refractivity contribution is -0.141. The van der Waals surface area contributed by atoms with E-state index in [9.17, 15) is 14.7 Å². The summed E-state index contributed by atoms with van der Waals surface area (Å²) < 4.78 is 0. The Morgan fingerprint density at radius 3 is 2.90 bits per heavy atom. The van der Waals surface area contributed by atoms with Gasteiger partial charge in [-0.15, -0.1) is 0 Å². The number of nitrogens with one attached hydrogen (secondary N) is 1. The van der Waals surface area contributed by atoms with Crippen molar-refractivity contribution in [1.82, 2.24) is 10.2 Å². The second-order valence-electron chi connectivity index (χ2n) is 5.90. The first kappa shape index (κ1) is 14.4. The van der Waals surface area contributed by atoms with E-state index in [4.69, 9.17) is 0 Å². The van der Waals surface area contributed by atoms with E-state index in [1.54, 1.807) is 16.2 Å². The van der Waals surface area contributed by atoms with Crippen molar-refractivity contribution in [1.29, 1.82) is 0 Å². The van der Waals surface area contributed by atoms with E-state index in [-0.39, 0.29) is 12.1 Å². The number of fused-ring (bicyclic) bond motifs is 1. The summed E-state index contributed by atoms with van der Waals surface area (Å²) in [7, 11) is 0. The van der Waals surface area contributed by atoms with Crippen LogP contribution in [0.1, 0.15) is 37.7 Å². The Labute approximate surface area is 128 Å². The van der Waals surface area contributed by atoms with Crippen LogP contribution in [0, 0.1) is 5.92 Å². The highest BCUT2D eigenvalue weighted by atomic mass is 32.1. The first-order valence-electron chi connectivity index (χ1n) is 7.47. The van der Waals surface area contributed by atoms with E-state index in [2.05, 4.69) is 5.32 Å². The third kappa shape index (κ3) is 2.90. The number of amides is 2. The van der Waals surface area contributed by atoms with Crippen LogP contribution in [0.15, 0.2) is 16.8 Å². The normalized spacial score (nSPS) is 28.2. The fourth-order valence-corrected chi connectivity index (χ4v) is 4.30. The Morgan fingerprint density at radius 1 is 1.38 bits per heavy atom. The first-order chi connectivity index (χ1) is 10.2. The van der Waals surface area contributed by atoms with Gasteiger partial charge in [-0.1, -0.05) is 12.8 Å². The molecule has 0 aromatic carbocycles. The molecular weight excluding hydrogens is 288 g/mol. The van der Waals surface area contributed by atoms with Gasteiger partial charge in [0.25, 0.3) is 0 Å². The van der Waals surface area contributed by atoms with Gasteiger partial charge in [0.05, 0.1) is 0 Å². The van der Waals surface area contributed by atoms with E-state index < -0.39 is 12.0 Å². The van der Waals surface area contributed by atoms with E-state index in [0.29, 0.717) is 18.9 Å². The molecule has 3 rings (SSSR count). The van der Waals surface area contributed by atoms with Crippen molar-refractivity contribution in [3.8, 4) is 0 Å².